The van der Waals surface area contributed by atoms with E-state index in [0.29, 0.717) is 6.54 Å². The lowest BCUT2D eigenvalue weighted by atomic mass is 9.96. The van der Waals surface area contributed by atoms with Crippen molar-refractivity contribution in [3.8, 4) is 0 Å². The zero-order chi connectivity index (χ0) is 20.4. The first-order valence-corrected chi connectivity index (χ1v) is 10.1. The van der Waals surface area contributed by atoms with Gasteiger partial charge in [-0.25, -0.2) is 9.98 Å². The van der Waals surface area contributed by atoms with E-state index in [9.17, 15) is 4.79 Å². The van der Waals surface area contributed by atoms with Gasteiger partial charge in [0.2, 0.25) is 5.91 Å². The Kier molecular flexibility index (Phi) is 11.6. The summed E-state index contributed by atoms with van der Waals surface area (Å²) in [6.07, 6.45) is 7.37. The van der Waals surface area contributed by atoms with Gasteiger partial charge in [-0.05, 0) is 38.7 Å². The predicted octanol–water partition coefficient (Wildman–Crippen LogP) is 2.76. The van der Waals surface area contributed by atoms with Gasteiger partial charge in [0, 0.05) is 50.9 Å². The smallest absolute Gasteiger partial charge is 0.220 e. The van der Waals surface area contributed by atoms with Gasteiger partial charge in [0.25, 0.3) is 0 Å². The lowest BCUT2D eigenvalue weighted by molar-refractivity contribution is -0.122. The molecule has 0 aliphatic carbocycles. The van der Waals surface area contributed by atoms with Crippen molar-refractivity contribution in [3.63, 3.8) is 0 Å². The molecule has 8 heteroatoms. The molecule has 0 bridgehead atoms. The number of aromatic nitrogens is 1. The third kappa shape index (κ3) is 7.83. The van der Waals surface area contributed by atoms with Crippen LogP contribution in [0.1, 0.15) is 38.2 Å². The average molecular weight is 514 g/mol. The Hall–Kier alpha value is -1.84. The molecule has 2 heterocycles. The number of hydrogen-bond acceptors (Lipinski definition) is 4. The largest absolute Gasteiger partial charge is 0.369 e. The van der Waals surface area contributed by atoms with Crippen molar-refractivity contribution in [1.82, 2.24) is 15.2 Å². The molecule has 0 saturated carbocycles. The number of carbonyl (C=O) groups is 1. The minimum absolute atomic E-state index is 0. The van der Waals surface area contributed by atoms with Crippen molar-refractivity contribution < 1.29 is 4.79 Å². The molecule has 0 spiro atoms. The monoisotopic (exact) mass is 514 g/mol. The average Bonchev–Trinajstić information content (AvgIpc) is 2.71. The summed E-state index contributed by atoms with van der Waals surface area (Å²) in [4.78, 5) is 25.2. The van der Waals surface area contributed by atoms with E-state index in [1.807, 2.05) is 18.3 Å². The summed E-state index contributed by atoms with van der Waals surface area (Å²) in [7, 11) is 2.06. The Morgan fingerprint density at radius 3 is 2.83 bits per heavy atom. The van der Waals surface area contributed by atoms with Gasteiger partial charge < -0.3 is 20.9 Å². The molecule has 2 rings (SSSR count). The maximum atomic E-state index is 11.4. The van der Waals surface area contributed by atoms with Crippen LogP contribution in [0.4, 0.5) is 5.82 Å². The van der Waals surface area contributed by atoms with Crippen LogP contribution in [0.25, 0.3) is 0 Å². The Morgan fingerprint density at radius 2 is 2.21 bits per heavy atom. The zero-order valence-corrected chi connectivity index (χ0v) is 20.0. The van der Waals surface area contributed by atoms with E-state index >= 15 is 0 Å². The fraction of sp³-hybridized carbons (Fsp3) is 0.571. The van der Waals surface area contributed by atoms with E-state index < -0.39 is 0 Å². The lowest BCUT2D eigenvalue weighted by Crippen LogP contribution is -2.40. The van der Waals surface area contributed by atoms with Crippen molar-refractivity contribution in [3.05, 3.63) is 36.5 Å². The van der Waals surface area contributed by atoms with Crippen LogP contribution in [0.2, 0.25) is 0 Å². The quantitative estimate of drug-likeness (QED) is 0.174. The van der Waals surface area contributed by atoms with Crippen LogP contribution in [0, 0.1) is 5.92 Å². The topological polar surface area (TPSA) is 86.8 Å². The number of unbranched alkanes of at least 4 members (excludes halogenated alkanes) is 1. The molecule has 1 amide bonds. The van der Waals surface area contributed by atoms with Gasteiger partial charge in [0.1, 0.15) is 5.82 Å². The standard InChI is InChI=1S/C21H34N6O.HI/c1-4-6-7-13-26(3)21(23-5-2)25-16-18-9-8-12-24-20(18)27-14-10-17(11-15-27)19(22)28;/h4,8-9,12,17H,1,5-7,10-11,13-16H2,2-3H3,(H2,22,28)(H,23,25);1H. The van der Waals surface area contributed by atoms with E-state index in [0.717, 1.165) is 69.2 Å². The zero-order valence-electron chi connectivity index (χ0n) is 17.6. The third-order valence-corrected chi connectivity index (χ3v) is 5.06. The van der Waals surface area contributed by atoms with Gasteiger partial charge in [-0.1, -0.05) is 12.1 Å². The van der Waals surface area contributed by atoms with Gasteiger partial charge in [-0.2, -0.15) is 0 Å². The second-order valence-electron chi connectivity index (χ2n) is 7.17. The first-order valence-electron chi connectivity index (χ1n) is 10.1. The van der Waals surface area contributed by atoms with Gasteiger partial charge in [0.05, 0.1) is 6.54 Å². The van der Waals surface area contributed by atoms with Crippen LogP contribution in [-0.2, 0) is 11.3 Å². The van der Waals surface area contributed by atoms with Crippen LogP contribution in [0.15, 0.2) is 36.0 Å². The summed E-state index contributed by atoms with van der Waals surface area (Å²) in [6.45, 7) is 9.76. The van der Waals surface area contributed by atoms with E-state index in [-0.39, 0.29) is 35.8 Å². The number of nitrogens with zero attached hydrogens (tertiary/aromatic N) is 4. The van der Waals surface area contributed by atoms with Crippen LogP contribution in [0.3, 0.4) is 0 Å². The van der Waals surface area contributed by atoms with Crippen molar-refractivity contribution in [2.45, 2.75) is 39.2 Å². The molecule has 1 aromatic rings. The number of anilines is 1. The summed E-state index contributed by atoms with van der Waals surface area (Å²) >= 11 is 0. The Balaban J connectivity index is 0.00000420. The first kappa shape index (κ1) is 25.2. The highest BCUT2D eigenvalue weighted by atomic mass is 127. The van der Waals surface area contributed by atoms with Gasteiger partial charge in [-0.15, -0.1) is 30.6 Å². The highest BCUT2D eigenvalue weighted by Gasteiger charge is 2.24. The number of halogens is 1. The summed E-state index contributed by atoms with van der Waals surface area (Å²) in [6, 6.07) is 4.03. The minimum atomic E-state index is -0.194. The van der Waals surface area contributed by atoms with Crippen molar-refractivity contribution in [1.29, 1.82) is 0 Å². The number of primary amides is 1. The number of allylic oxidation sites excluding steroid dienone is 1. The van der Waals surface area contributed by atoms with Gasteiger partial charge >= 0.3 is 0 Å². The molecule has 162 valence electrons. The number of guanidine groups is 1. The molecular formula is C21H35IN6O. The molecule has 0 atom stereocenters. The first-order chi connectivity index (χ1) is 13.6. The van der Waals surface area contributed by atoms with E-state index in [2.05, 4.69) is 46.7 Å². The molecule has 1 aromatic heterocycles. The van der Waals surface area contributed by atoms with E-state index in [4.69, 9.17) is 10.7 Å². The second-order valence-corrected chi connectivity index (χ2v) is 7.17. The lowest BCUT2D eigenvalue weighted by Gasteiger charge is -2.32. The summed E-state index contributed by atoms with van der Waals surface area (Å²) in [5.41, 5.74) is 6.55. The van der Waals surface area contributed by atoms with Gasteiger partial charge in [0.15, 0.2) is 5.96 Å². The maximum absolute atomic E-state index is 11.4. The number of amides is 1. The van der Waals surface area contributed by atoms with Crippen LogP contribution < -0.4 is 16.0 Å². The molecule has 29 heavy (non-hydrogen) atoms. The van der Waals surface area contributed by atoms with Crippen molar-refractivity contribution in [2.24, 2.45) is 16.6 Å². The number of piperidine rings is 1. The number of hydrogen-bond donors (Lipinski definition) is 2. The normalized spacial score (nSPS) is 14.8. The minimum Gasteiger partial charge on any atom is -0.369 e. The number of nitrogens with two attached hydrogens (primary N) is 1. The number of carbonyl (C=O) groups excluding carboxylic acids is 1. The molecule has 0 unspecified atom stereocenters. The molecule has 1 aliphatic rings. The fourth-order valence-corrected chi connectivity index (χ4v) is 3.42. The van der Waals surface area contributed by atoms with E-state index in [1.54, 1.807) is 0 Å². The third-order valence-electron chi connectivity index (χ3n) is 5.06. The van der Waals surface area contributed by atoms with Crippen molar-refractivity contribution >= 4 is 41.7 Å². The maximum Gasteiger partial charge on any atom is 0.220 e. The molecule has 7 nitrogen and oxygen atoms in total. The number of pyridine rings is 1. The SMILES string of the molecule is C=CCCCN(C)C(=NCc1cccnc1N1CCC(C(N)=O)CC1)NCC.I. The highest BCUT2D eigenvalue weighted by molar-refractivity contribution is 14.0. The molecule has 1 fully saturated rings. The Bertz CT molecular complexity index is 673. The number of nitrogens with one attached hydrogen (secondary N) is 1. The Labute approximate surface area is 191 Å². The van der Waals surface area contributed by atoms with E-state index in [1.165, 1.54) is 0 Å². The van der Waals surface area contributed by atoms with Crippen LogP contribution in [-0.4, -0.2) is 55.0 Å². The number of aliphatic imine (C=N–C) groups is 1. The highest BCUT2D eigenvalue weighted by Crippen LogP contribution is 2.25. The predicted molar refractivity (Wildman–Crippen MR) is 131 cm³/mol. The van der Waals surface area contributed by atoms with Crippen molar-refractivity contribution in [2.75, 3.05) is 38.1 Å². The van der Waals surface area contributed by atoms with Crippen LogP contribution in [0.5, 0.6) is 0 Å². The summed E-state index contributed by atoms with van der Waals surface area (Å²) in [5.74, 6) is 1.64. The molecule has 3 N–H and O–H groups in total. The molecule has 1 aliphatic heterocycles. The Morgan fingerprint density at radius 1 is 1.48 bits per heavy atom. The summed E-state index contributed by atoms with van der Waals surface area (Å²) < 4.78 is 0. The van der Waals surface area contributed by atoms with Crippen LogP contribution >= 0.6 is 24.0 Å². The summed E-state index contributed by atoms with van der Waals surface area (Å²) in [5, 5.41) is 3.36. The molecule has 0 radical (unpaired) electrons. The second kappa shape index (κ2) is 13.4. The molecule has 0 aromatic carbocycles. The molecule has 1 saturated heterocycles. The fourth-order valence-electron chi connectivity index (χ4n) is 3.42. The van der Waals surface area contributed by atoms with Gasteiger partial charge in [-0.3, -0.25) is 4.79 Å². The number of rotatable bonds is 9. The molecular weight excluding hydrogens is 479 g/mol.